The molecule has 0 N–H and O–H groups in total. The molecule has 0 saturated carbocycles. The van der Waals surface area contributed by atoms with Crippen LogP contribution in [0.1, 0.15) is 54.4 Å². The summed E-state index contributed by atoms with van der Waals surface area (Å²) in [6.45, 7) is 13.7. The van der Waals surface area contributed by atoms with E-state index in [1.807, 2.05) is 0 Å². The van der Waals surface area contributed by atoms with Gasteiger partial charge in [0.2, 0.25) is 0 Å². The molecule has 20 heavy (non-hydrogen) atoms. The van der Waals surface area contributed by atoms with Crippen LogP contribution in [0.5, 0.6) is 0 Å². The van der Waals surface area contributed by atoms with E-state index in [9.17, 15) is 0 Å². The Morgan fingerprint density at radius 3 is 1.15 bits per heavy atom. The Morgan fingerprint density at radius 2 is 0.950 bits per heavy atom. The van der Waals surface area contributed by atoms with Gasteiger partial charge >= 0.3 is 118 Å². The first-order valence-corrected chi connectivity index (χ1v) is 9.43. The summed E-state index contributed by atoms with van der Waals surface area (Å²) in [7, 11) is 0. The second kappa shape index (κ2) is 7.41. The standard InChI is InChI=1S/2C8H11.CH2.2ClH.Ti/c2*1-6-4-5-7(2)8(6)3;;;;/h2*4H2,1-3H3;1H2;2*1H;/q;;;;;+2/p-2. The predicted molar refractivity (Wildman–Crippen MR) is 78.5 cm³/mol. The van der Waals surface area contributed by atoms with Crippen LogP contribution in [-0.2, 0) is 17.4 Å². The molecule has 0 radical (unpaired) electrons. The maximum Gasteiger partial charge on any atom is -1.00 e. The van der Waals surface area contributed by atoms with Gasteiger partial charge in [-0.1, -0.05) is 0 Å². The van der Waals surface area contributed by atoms with E-state index in [4.69, 9.17) is 0 Å². The minimum Gasteiger partial charge on any atom is -1.00 e. The molecule has 3 heteroatoms. The molecule has 110 valence electrons. The molecule has 0 aromatic heterocycles. The van der Waals surface area contributed by atoms with Crippen molar-refractivity contribution in [1.82, 2.24) is 0 Å². The predicted octanol–water partition coefficient (Wildman–Crippen LogP) is -0.927. The summed E-state index contributed by atoms with van der Waals surface area (Å²) in [5.74, 6) is 0. The molecular weight excluding hydrogens is 323 g/mol. The van der Waals surface area contributed by atoms with Gasteiger partial charge in [0, 0.05) is 0 Å². The zero-order chi connectivity index (χ0) is 13.6. The van der Waals surface area contributed by atoms with E-state index in [2.05, 4.69) is 46.4 Å². The third-order valence-electron chi connectivity index (χ3n) is 4.92. The molecule has 0 heterocycles. The third-order valence-corrected chi connectivity index (χ3v) is 8.92. The van der Waals surface area contributed by atoms with Gasteiger partial charge in [0.25, 0.3) is 0 Å². The summed E-state index contributed by atoms with van der Waals surface area (Å²) < 4.78 is 3.42. The van der Waals surface area contributed by atoms with Crippen LogP contribution in [-0.4, -0.2) is 4.82 Å². The molecule has 0 unspecified atom stereocenters. The minimum absolute atomic E-state index is 0. The fourth-order valence-electron chi connectivity index (χ4n) is 3.00. The molecule has 0 nitrogen and oxygen atoms in total. The summed E-state index contributed by atoms with van der Waals surface area (Å²) in [5, 5.41) is 0. The van der Waals surface area contributed by atoms with Gasteiger partial charge in [-0.25, -0.2) is 0 Å². The Kier molecular flexibility index (Phi) is 7.45. The van der Waals surface area contributed by atoms with Crippen LogP contribution in [0.4, 0.5) is 0 Å². The van der Waals surface area contributed by atoms with E-state index in [-0.39, 0.29) is 24.8 Å². The fraction of sp³-hybridized carbons (Fsp3) is 0.471. The maximum atomic E-state index is 4.64. The minimum atomic E-state index is -1.45. The largest absolute Gasteiger partial charge is 1.00 e. The average molecular weight is 347 g/mol. The van der Waals surface area contributed by atoms with Crippen molar-refractivity contribution in [2.45, 2.75) is 54.4 Å². The molecule has 2 rings (SSSR count). The van der Waals surface area contributed by atoms with Crippen LogP contribution in [0, 0.1) is 0 Å². The van der Waals surface area contributed by atoms with Crippen LogP contribution in [0.2, 0.25) is 0 Å². The van der Waals surface area contributed by atoms with Gasteiger partial charge in [0.15, 0.2) is 0 Å². The molecule has 0 fully saturated rings. The summed E-state index contributed by atoms with van der Waals surface area (Å²) in [5.41, 5.74) is 9.29. The van der Waals surface area contributed by atoms with Gasteiger partial charge in [-0.2, -0.15) is 0 Å². The van der Waals surface area contributed by atoms with E-state index >= 15 is 0 Å². The Balaban J connectivity index is 0.00000180. The summed E-state index contributed by atoms with van der Waals surface area (Å²) in [6.07, 6.45) is 2.40. The first-order chi connectivity index (χ1) is 8.34. The van der Waals surface area contributed by atoms with Crippen molar-refractivity contribution in [2.75, 3.05) is 0 Å². The maximum absolute atomic E-state index is 4.64. The fourth-order valence-corrected chi connectivity index (χ4v) is 7.06. The molecule has 0 saturated heterocycles. The zero-order valence-corrected chi connectivity index (χ0v) is 16.5. The van der Waals surface area contributed by atoms with Crippen molar-refractivity contribution >= 4 is 4.82 Å². The van der Waals surface area contributed by atoms with Crippen molar-refractivity contribution in [1.29, 1.82) is 0 Å². The van der Waals surface area contributed by atoms with Crippen molar-refractivity contribution in [3.05, 3.63) is 41.2 Å². The smallest absolute Gasteiger partial charge is 1.00 e. The summed E-state index contributed by atoms with van der Waals surface area (Å²) >= 11 is -1.45. The van der Waals surface area contributed by atoms with Crippen LogP contribution in [0.15, 0.2) is 41.2 Å². The molecule has 0 bridgehead atoms. The topological polar surface area (TPSA) is 0 Å². The first kappa shape index (κ1) is 20.1. The van der Waals surface area contributed by atoms with Gasteiger partial charge in [0.05, 0.1) is 0 Å². The second-order valence-corrected chi connectivity index (χ2v) is 9.23. The van der Waals surface area contributed by atoms with Gasteiger partial charge in [-0.15, -0.1) is 0 Å². The van der Waals surface area contributed by atoms with E-state index in [1.165, 1.54) is 24.0 Å². The van der Waals surface area contributed by atoms with Crippen molar-refractivity contribution in [3.8, 4) is 0 Å². The van der Waals surface area contributed by atoms with Crippen LogP contribution < -0.4 is 24.8 Å². The van der Waals surface area contributed by atoms with Crippen molar-refractivity contribution in [2.24, 2.45) is 0 Å². The molecule has 0 aromatic rings. The molecule has 2 aliphatic rings. The van der Waals surface area contributed by atoms with Crippen molar-refractivity contribution in [3.63, 3.8) is 0 Å². The van der Waals surface area contributed by atoms with Gasteiger partial charge in [-0.3, -0.25) is 0 Å². The van der Waals surface area contributed by atoms with Gasteiger partial charge in [0.1, 0.15) is 0 Å². The Hall–Kier alpha value is 0.124. The quantitative estimate of drug-likeness (QED) is 0.567. The van der Waals surface area contributed by atoms with Gasteiger partial charge in [-0.05, 0) is 0 Å². The molecule has 0 spiro atoms. The molecule has 2 aliphatic carbocycles. The van der Waals surface area contributed by atoms with Gasteiger partial charge < -0.3 is 24.8 Å². The summed E-state index contributed by atoms with van der Waals surface area (Å²) in [6, 6.07) is 0. The number of hydrogen-bond donors (Lipinski definition) is 0. The monoisotopic (exact) mass is 346 g/mol. The Labute approximate surface area is 142 Å². The van der Waals surface area contributed by atoms with E-state index in [1.54, 1.807) is 30.0 Å². The second-order valence-electron chi connectivity index (χ2n) is 5.85. The number of hydrogen-bond acceptors (Lipinski definition) is 0. The van der Waals surface area contributed by atoms with E-state index < -0.39 is 17.4 Å². The van der Waals surface area contributed by atoms with Crippen molar-refractivity contribution < 1.29 is 42.2 Å². The molecular formula is C17H24Cl2Ti. The van der Waals surface area contributed by atoms with Crippen LogP contribution >= 0.6 is 0 Å². The first-order valence-electron chi connectivity index (χ1n) is 6.77. The van der Waals surface area contributed by atoms with Crippen LogP contribution in [0.3, 0.4) is 0 Å². The third kappa shape index (κ3) is 3.30. The molecule has 0 aliphatic heterocycles. The van der Waals surface area contributed by atoms with E-state index in [0.29, 0.717) is 0 Å². The van der Waals surface area contributed by atoms with E-state index in [0.717, 1.165) is 0 Å². The normalized spacial score (nSPS) is 18.2. The molecule has 0 amide bonds. The SMILES string of the molecule is [CH2]=[Ti+2]([C]1=C(C)C(C)=C(C)C1)[C]1=C(C)C(C)=C(C)C1.[Cl-].[Cl-]. The van der Waals surface area contributed by atoms with Crippen LogP contribution in [0.25, 0.3) is 0 Å². The number of rotatable bonds is 2. The zero-order valence-electron chi connectivity index (χ0n) is 13.4. The molecule has 0 aromatic carbocycles. The number of allylic oxidation sites excluding steroid dienone is 8. The average Bonchev–Trinajstić information content (AvgIpc) is 2.74. The Bertz CT molecular complexity index is 522. The number of halogens is 2. The summed E-state index contributed by atoms with van der Waals surface area (Å²) in [4.78, 5) is 4.64. The molecule has 0 atom stereocenters. The Morgan fingerprint density at radius 1 is 0.650 bits per heavy atom.